The molecule has 3 aromatic rings. The zero-order chi connectivity index (χ0) is 41.1. The SMILES string of the molecule is CC(C)(C)c1cc(C[n+]2ccn(C34CC5CC(CC(C5)C3)C4)c2)cc(C[n+]2ccn(C34CC5CC(CC(C5)C3)C4)c2)c1.F[P-](F)(F)(F)(F)F.F[P-](F)(F)(F)(F)F. The molecule has 0 saturated heterocycles. The van der Waals surface area contributed by atoms with Crippen LogP contribution in [0, 0.1) is 35.5 Å². The average Bonchev–Trinajstić information content (AvgIpc) is 3.63. The summed E-state index contributed by atoms with van der Waals surface area (Å²) in [5.74, 6) is 5.88. The van der Waals surface area contributed by atoms with Crippen LogP contribution in [0.1, 0.15) is 115 Å². The van der Waals surface area contributed by atoms with Gasteiger partial charge >= 0.3 is 66.0 Å². The van der Waals surface area contributed by atoms with Crippen molar-refractivity contribution in [1.29, 1.82) is 0 Å². The monoisotopic (exact) mass is 854 g/mol. The van der Waals surface area contributed by atoms with Crippen LogP contribution in [0.2, 0.25) is 0 Å². The third kappa shape index (κ3) is 11.4. The van der Waals surface area contributed by atoms with E-state index in [1.54, 1.807) is 0 Å². The van der Waals surface area contributed by atoms with E-state index in [9.17, 15) is 50.4 Å². The van der Waals surface area contributed by atoms with E-state index in [1.807, 2.05) is 0 Å². The van der Waals surface area contributed by atoms with E-state index in [0.717, 1.165) is 48.6 Å². The second-order valence-corrected chi connectivity index (χ2v) is 23.3. The predicted molar refractivity (Wildman–Crippen MR) is 192 cm³/mol. The van der Waals surface area contributed by atoms with Crippen molar-refractivity contribution in [1.82, 2.24) is 9.13 Å². The Labute approximate surface area is 319 Å². The van der Waals surface area contributed by atoms with Crippen LogP contribution in [0.4, 0.5) is 50.4 Å². The molecule has 56 heavy (non-hydrogen) atoms. The summed E-state index contributed by atoms with van der Waals surface area (Å²) >= 11 is 0. The van der Waals surface area contributed by atoms with Gasteiger partial charge in [0.1, 0.15) is 49.0 Å². The van der Waals surface area contributed by atoms with Crippen molar-refractivity contribution < 1.29 is 59.5 Å². The molecule has 0 spiro atoms. The summed E-state index contributed by atoms with van der Waals surface area (Å²) in [4.78, 5) is 0. The van der Waals surface area contributed by atoms with Crippen molar-refractivity contribution in [2.75, 3.05) is 0 Å². The Balaban J connectivity index is 0.000000296. The second kappa shape index (κ2) is 12.1. The van der Waals surface area contributed by atoms with Crippen molar-refractivity contribution in [2.45, 2.75) is 127 Å². The van der Waals surface area contributed by atoms with Crippen LogP contribution in [0.3, 0.4) is 0 Å². The molecule has 0 aliphatic heterocycles. The third-order valence-electron chi connectivity index (χ3n) is 13.1. The molecule has 2 heterocycles. The summed E-state index contributed by atoms with van der Waals surface area (Å²) in [5.41, 5.74) is 5.27. The normalized spacial score (nSPS) is 34.3. The molecule has 11 rings (SSSR count). The molecule has 2 aromatic heterocycles. The molecule has 8 fully saturated rings. The quantitative estimate of drug-likeness (QED) is 0.134. The van der Waals surface area contributed by atoms with E-state index >= 15 is 0 Å². The molecule has 0 atom stereocenters. The van der Waals surface area contributed by atoms with Crippen LogP contribution in [0.25, 0.3) is 0 Å². The van der Waals surface area contributed by atoms with E-state index in [4.69, 9.17) is 0 Å². The molecule has 0 N–H and O–H groups in total. The van der Waals surface area contributed by atoms with Gasteiger partial charge in [0.15, 0.2) is 0 Å². The van der Waals surface area contributed by atoms with Gasteiger partial charge in [-0.2, -0.15) is 0 Å². The molecule has 8 aliphatic carbocycles. The zero-order valence-corrected chi connectivity index (χ0v) is 33.6. The van der Waals surface area contributed by atoms with Crippen molar-refractivity contribution in [3.05, 3.63) is 72.3 Å². The molecule has 1 aromatic carbocycles. The van der Waals surface area contributed by atoms with Gasteiger partial charge in [0.2, 0.25) is 12.7 Å². The Hall–Kier alpha value is -2.34. The molecule has 0 unspecified atom stereocenters. The third-order valence-corrected chi connectivity index (χ3v) is 13.1. The first-order chi connectivity index (χ1) is 25.1. The Morgan fingerprint density at radius 1 is 0.518 bits per heavy atom. The molecule has 0 radical (unpaired) electrons. The van der Waals surface area contributed by atoms with Gasteiger partial charge in [0, 0.05) is 0 Å². The standard InChI is InChI=1S/C38H52N4.2F6P/c1-36(2,3)35-15-33(23-39-4-6-41(25-39)37-17-27-8-28(18-37)10-29(9-27)19-37)14-34(16-35)24-40-5-7-42(26-40)38-20-30-11-31(21-38)13-32(12-30)22-38;2*1-7(2,3,4,5)6/h4-7,14-16,25-32H,8-13,17-24H2,1-3H3;;/q+2;2*-1. The summed E-state index contributed by atoms with van der Waals surface area (Å²) in [5, 5.41) is 0. The molecule has 0 amide bonds. The van der Waals surface area contributed by atoms with Crippen LogP contribution in [0.5, 0.6) is 0 Å². The van der Waals surface area contributed by atoms with Gasteiger partial charge < -0.3 is 0 Å². The fraction of sp³-hybridized carbons (Fsp3) is 0.684. The number of aromatic nitrogens is 4. The van der Waals surface area contributed by atoms with Crippen LogP contribution in [0.15, 0.2) is 55.6 Å². The molecule has 8 bridgehead atoms. The Morgan fingerprint density at radius 3 is 1.04 bits per heavy atom. The van der Waals surface area contributed by atoms with Crippen molar-refractivity contribution >= 4 is 15.6 Å². The molecular formula is C38H52F12N4P2. The van der Waals surface area contributed by atoms with Gasteiger partial charge in [-0.3, -0.25) is 0 Å². The van der Waals surface area contributed by atoms with Crippen molar-refractivity contribution in [2.24, 2.45) is 35.5 Å². The van der Waals surface area contributed by atoms with Gasteiger partial charge in [-0.15, -0.1) is 0 Å². The first-order valence-electron chi connectivity index (χ1n) is 19.5. The van der Waals surface area contributed by atoms with E-state index in [1.165, 1.54) is 93.7 Å². The molecule has 318 valence electrons. The fourth-order valence-corrected chi connectivity index (χ4v) is 12.1. The number of halogens is 12. The number of imidazole rings is 2. The number of benzene rings is 1. The van der Waals surface area contributed by atoms with Gasteiger partial charge in [-0.25, -0.2) is 18.3 Å². The van der Waals surface area contributed by atoms with Crippen LogP contribution in [-0.4, -0.2) is 9.13 Å². The first-order valence-corrected chi connectivity index (χ1v) is 23.6. The average molecular weight is 855 g/mol. The van der Waals surface area contributed by atoms with Gasteiger partial charge in [-0.1, -0.05) is 32.9 Å². The molecule has 8 saturated carbocycles. The van der Waals surface area contributed by atoms with Crippen molar-refractivity contribution in [3.8, 4) is 0 Å². The molecular weight excluding hydrogens is 802 g/mol. The van der Waals surface area contributed by atoms with E-state index < -0.39 is 15.6 Å². The number of nitrogens with zero attached hydrogens (tertiary/aromatic N) is 4. The molecule has 4 nitrogen and oxygen atoms in total. The molecule has 8 aliphatic rings. The number of hydrogen-bond acceptors (Lipinski definition) is 0. The number of hydrogen-bond donors (Lipinski definition) is 0. The summed E-state index contributed by atoms with van der Waals surface area (Å²) < 4.78 is 129. The first kappa shape index (κ1) is 41.8. The second-order valence-electron chi connectivity index (χ2n) is 19.5. The van der Waals surface area contributed by atoms with Crippen LogP contribution in [-0.2, 0) is 29.6 Å². The summed E-state index contributed by atoms with van der Waals surface area (Å²) in [6.07, 6.45) is 32.0. The Morgan fingerprint density at radius 2 is 0.786 bits per heavy atom. The summed E-state index contributed by atoms with van der Waals surface area (Å²) in [6.45, 7) is 9.00. The van der Waals surface area contributed by atoms with E-state index in [-0.39, 0.29) is 5.41 Å². The summed E-state index contributed by atoms with van der Waals surface area (Å²) in [6, 6.07) is 7.44. The summed E-state index contributed by atoms with van der Waals surface area (Å²) in [7, 11) is -21.3. The van der Waals surface area contributed by atoms with Crippen LogP contribution < -0.4 is 9.13 Å². The predicted octanol–water partition coefficient (Wildman–Crippen LogP) is 13.9. The fourth-order valence-electron chi connectivity index (χ4n) is 12.1. The van der Waals surface area contributed by atoms with E-state index in [0.29, 0.717) is 11.1 Å². The minimum atomic E-state index is -10.7. The number of rotatable bonds is 6. The minimum absolute atomic E-state index is 0.135. The van der Waals surface area contributed by atoms with Gasteiger partial charge in [-0.05, 0) is 141 Å². The van der Waals surface area contributed by atoms with Crippen LogP contribution >= 0.6 is 15.6 Å². The van der Waals surface area contributed by atoms with Gasteiger partial charge in [0.25, 0.3) is 0 Å². The maximum atomic E-state index is 9.87. The Bertz CT molecular complexity index is 1740. The van der Waals surface area contributed by atoms with Gasteiger partial charge in [0.05, 0.1) is 0 Å². The topological polar surface area (TPSA) is 17.6 Å². The van der Waals surface area contributed by atoms with Crippen molar-refractivity contribution in [3.63, 3.8) is 0 Å². The maximum absolute atomic E-state index is 10.7. The molecule has 18 heteroatoms. The Kier molecular flexibility index (Phi) is 9.05. The van der Waals surface area contributed by atoms with E-state index in [2.05, 4.69) is 94.7 Å². The zero-order valence-electron chi connectivity index (χ0n) is 31.8.